The van der Waals surface area contributed by atoms with Crippen molar-refractivity contribution in [2.45, 2.75) is 17.9 Å². The number of rotatable bonds is 2. The first-order chi connectivity index (χ1) is 9.98. The lowest BCUT2D eigenvalue weighted by Crippen LogP contribution is -2.42. The van der Waals surface area contributed by atoms with Crippen molar-refractivity contribution < 1.29 is 17.5 Å². The van der Waals surface area contributed by atoms with E-state index in [9.17, 15) is 12.8 Å². The van der Waals surface area contributed by atoms with Gasteiger partial charge in [0.15, 0.2) is 0 Å². The van der Waals surface area contributed by atoms with Gasteiger partial charge in [0.25, 0.3) is 10.0 Å². The van der Waals surface area contributed by atoms with Gasteiger partial charge < -0.3 is 4.74 Å². The molecule has 110 valence electrons. The van der Waals surface area contributed by atoms with E-state index in [1.807, 2.05) is 6.92 Å². The van der Waals surface area contributed by atoms with E-state index in [1.165, 1.54) is 16.4 Å². The van der Waals surface area contributed by atoms with Gasteiger partial charge in [0.2, 0.25) is 0 Å². The minimum atomic E-state index is -3.74. The summed E-state index contributed by atoms with van der Waals surface area (Å²) in [6, 6.07) is 11.8. The Balaban J connectivity index is 2.09. The first-order valence-corrected chi connectivity index (χ1v) is 7.96. The van der Waals surface area contributed by atoms with Gasteiger partial charge in [-0.1, -0.05) is 12.1 Å². The van der Waals surface area contributed by atoms with Crippen LogP contribution in [0.15, 0.2) is 53.4 Å². The van der Waals surface area contributed by atoms with Crippen LogP contribution in [0.1, 0.15) is 6.92 Å². The number of hydrogen-bond acceptors (Lipinski definition) is 3. The third-order valence-electron chi connectivity index (χ3n) is 3.29. The topological polar surface area (TPSA) is 46.6 Å². The van der Waals surface area contributed by atoms with Gasteiger partial charge in [0, 0.05) is 0 Å². The van der Waals surface area contributed by atoms with E-state index >= 15 is 0 Å². The van der Waals surface area contributed by atoms with Crippen LogP contribution < -0.4 is 9.04 Å². The summed E-state index contributed by atoms with van der Waals surface area (Å²) in [6.45, 7) is 2.03. The number of hydrogen-bond donors (Lipinski definition) is 0. The predicted octanol–water partition coefficient (Wildman–Crippen LogP) is 2.80. The molecule has 1 heterocycles. The van der Waals surface area contributed by atoms with E-state index in [-0.39, 0.29) is 17.5 Å². The van der Waals surface area contributed by atoms with Gasteiger partial charge in [0.05, 0.1) is 17.1 Å². The van der Waals surface area contributed by atoms with Gasteiger partial charge in [-0.05, 0) is 43.3 Å². The molecule has 0 aliphatic carbocycles. The number of para-hydroxylation sites is 2. The molecule has 4 nitrogen and oxygen atoms in total. The van der Waals surface area contributed by atoms with Crippen molar-refractivity contribution in [3.05, 3.63) is 54.3 Å². The molecule has 0 N–H and O–H groups in total. The molecular weight excluding hydrogens is 293 g/mol. The summed E-state index contributed by atoms with van der Waals surface area (Å²) in [5, 5.41) is 0. The molecule has 1 unspecified atom stereocenters. The Bertz CT molecular complexity index is 759. The summed E-state index contributed by atoms with van der Waals surface area (Å²) in [6.07, 6.45) is -0.255. The number of benzene rings is 2. The first-order valence-electron chi connectivity index (χ1n) is 6.52. The second-order valence-corrected chi connectivity index (χ2v) is 6.75. The van der Waals surface area contributed by atoms with Crippen molar-refractivity contribution >= 4 is 15.7 Å². The molecule has 6 heteroatoms. The van der Waals surface area contributed by atoms with Crippen molar-refractivity contribution in [1.82, 2.24) is 0 Å². The highest BCUT2D eigenvalue weighted by molar-refractivity contribution is 7.92. The maximum Gasteiger partial charge on any atom is 0.264 e. The zero-order valence-electron chi connectivity index (χ0n) is 11.4. The number of fused-ring (bicyclic) bond motifs is 1. The Hall–Kier alpha value is -2.08. The van der Waals surface area contributed by atoms with Gasteiger partial charge in [-0.15, -0.1) is 0 Å². The molecule has 0 radical (unpaired) electrons. The fourth-order valence-electron chi connectivity index (χ4n) is 2.31. The van der Waals surface area contributed by atoms with E-state index in [4.69, 9.17) is 4.74 Å². The van der Waals surface area contributed by atoms with Crippen molar-refractivity contribution in [3.63, 3.8) is 0 Å². The molecule has 0 saturated heterocycles. The van der Waals surface area contributed by atoms with E-state index in [2.05, 4.69) is 0 Å². The maximum atomic E-state index is 13.0. The van der Waals surface area contributed by atoms with Crippen LogP contribution in [0.5, 0.6) is 5.75 Å². The summed E-state index contributed by atoms with van der Waals surface area (Å²) in [7, 11) is -3.74. The Morgan fingerprint density at radius 1 is 1.14 bits per heavy atom. The molecule has 2 aromatic rings. The van der Waals surface area contributed by atoms with Crippen molar-refractivity contribution in [2.24, 2.45) is 0 Å². The second-order valence-electron chi connectivity index (χ2n) is 4.89. The molecule has 1 aliphatic rings. The average molecular weight is 307 g/mol. The van der Waals surface area contributed by atoms with Crippen molar-refractivity contribution in [1.29, 1.82) is 0 Å². The van der Waals surface area contributed by atoms with Gasteiger partial charge in [0.1, 0.15) is 17.7 Å². The lowest BCUT2D eigenvalue weighted by atomic mass is 10.2. The summed E-state index contributed by atoms with van der Waals surface area (Å²) in [5.74, 6) is 0.0617. The highest BCUT2D eigenvalue weighted by Crippen LogP contribution is 2.36. The normalized spacial score (nSPS) is 18.0. The number of sulfonamides is 1. The van der Waals surface area contributed by atoms with Crippen LogP contribution in [0.4, 0.5) is 10.1 Å². The SMILES string of the molecule is CC1CN(S(=O)(=O)c2ccc(F)cc2)c2ccccc2O1. The molecule has 0 spiro atoms. The lowest BCUT2D eigenvalue weighted by molar-refractivity contribution is 0.219. The van der Waals surface area contributed by atoms with Gasteiger partial charge in [-0.2, -0.15) is 0 Å². The summed E-state index contributed by atoms with van der Waals surface area (Å²) in [4.78, 5) is 0.0628. The van der Waals surface area contributed by atoms with Crippen LogP contribution in [-0.4, -0.2) is 21.1 Å². The van der Waals surface area contributed by atoms with E-state index in [0.29, 0.717) is 11.4 Å². The number of anilines is 1. The molecule has 2 aromatic carbocycles. The Morgan fingerprint density at radius 2 is 1.81 bits per heavy atom. The highest BCUT2D eigenvalue weighted by Gasteiger charge is 2.32. The average Bonchev–Trinajstić information content (AvgIpc) is 2.46. The summed E-state index contributed by atoms with van der Waals surface area (Å²) in [5.41, 5.74) is 0.500. The quantitative estimate of drug-likeness (QED) is 0.857. The number of halogens is 1. The molecule has 0 aromatic heterocycles. The van der Waals surface area contributed by atoms with E-state index in [1.54, 1.807) is 24.3 Å². The molecule has 3 rings (SSSR count). The molecule has 1 atom stereocenters. The monoisotopic (exact) mass is 307 g/mol. The summed E-state index contributed by atoms with van der Waals surface area (Å²) >= 11 is 0. The van der Waals surface area contributed by atoms with Crippen LogP contribution >= 0.6 is 0 Å². The molecular formula is C15H14FNO3S. The first kappa shape index (κ1) is 13.9. The summed E-state index contributed by atoms with van der Waals surface area (Å²) < 4.78 is 45.5. The fraction of sp³-hybridized carbons (Fsp3) is 0.200. The largest absolute Gasteiger partial charge is 0.487 e. The number of nitrogens with zero attached hydrogens (tertiary/aromatic N) is 1. The molecule has 0 fully saturated rings. The highest BCUT2D eigenvalue weighted by atomic mass is 32.2. The molecule has 21 heavy (non-hydrogen) atoms. The Kier molecular flexibility index (Phi) is 3.33. The smallest absolute Gasteiger partial charge is 0.264 e. The van der Waals surface area contributed by atoms with Gasteiger partial charge >= 0.3 is 0 Å². The molecule has 0 saturated carbocycles. The van der Waals surface area contributed by atoms with Gasteiger partial charge in [-0.25, -0.2) is 12.8 Å². The minimum Gasteiger partial charge on any atom is -0.487 e. The van der Waals surface area contributed by atoms with Crippen LogP contribution in [0, 0.1) is 5.82 Å². The standard InChI is InChI=1S/C15H14FNO3S/c1-11-10-17(14-4-2-3-5-15(14)20-11)21(18,19)13-8-6-12(16)7-9-13/h2-9,11H,10H2,1H3. The van der Waals surface area contributed by atoms with E-state index in [0.717, 1.165) is 12.1 Å². The Morgan fingerprint density at radius 3 is 2.52 bits per heavy atom. The Labute approximate surface area is 122 Å². The lowest BCUT2D eigenvalue weighted by Gasteiger charge is -2.34. The fourth-order valence-corrected chi connectivity index (χ4v) is 3.86. The maximum absolute atomic E-state index is 13.0. The minimum absolute atomic E-state index is 0.0628. The molecule has 0 bridgehead atoms. The predicted molar refractivity (Wildman–Crippen MR) is 77.5 cm³/mol. The van der Waals surface area contributed by atoms with Crippen LogP contribution in [0.3, 0.4) is 0 Å². The van der Waals surface area contributed by atoms with Crippen molar-refractivity contribution in [3.8, 4) is 5.75 Å². The number of ether oxygens (including phenoxy) is 1. The van der Waals surface area contributed by atoms with Crippen LogP contribution in [-0.2, 0) is 10.0 Å². The van der Waals surface area contributed by atoms with Gasteiger partial charge in [-0.3, -0.25) is 4.31 Å². The molecule has 0 amide bonds. The van der Waals surface area contributed by atoms with E-state index < -0.39 is 15.8 Å². The van der Waals surface area contributed by atoms with Crippen LogP contribution in [0.25, 0.3) is 0 Å². The molecule has 1 aliphatic heterocycles. The van der Waals surface area contributed by atoms with Crippen molar-refractivity contribution in [2.75, 3.05) is 10.8 Å². The van der Waals surface area contributed by atoms with Crippen LogP contribution in [0.2, 0.25) is 0 Å². The third kappa shape index (κ3) is 2.47. The zero-order valence-corrected chi connectivity index (χ0v) is 12.2. The third-order valence-corrected chi connectivity index (χ3v) is 5.08. The second kappa shape index (κ2) is 5.04. The zero-order chi connectivity index (χ0) is 15.0.